The van der Waals surface area contributed by atoms with E-state index in [-0.39, 0.29) is 15.9 Å². The molecule has 2 aromatic heterocycles. The molecule has 0 aliphatic heterocycles. The van der Waals surface area contributed by atoms with Gasteiger partial charge in [0.15, 0.2) is 5.82 Å². The monoisotopic (exact) mass is 280 g/mol. The van der Waals surface area contributed by atoms with Crippen molar-refractivity contribution in [1.82, 2.24) is 9.61 Å². The zero-order chi connectivity index (χ0) is 11.0. The highest BCUT2D eigenvalue weighted by molar-refractivity contribution is 9.10. The number of hydrogen-bond donors (Lipinski definition) is 0. The van der Waals surface area contributed by atoms with Crippen LogP contribution in [0.5, 0.6) is 5.88 Å². The fraction of sp³-hybridized carbons (Fsp3) is 0.125. The number of rotatable bonds is 2. The summed E-state index contributed by atoms with van der Waals surface area (Å²) in [6.45, 7) is -2.97. The van der Waals surface area contributed by atoms with Gasteiger partial charge in [-0.15, -0.1) is 5.10 Å². The van der Waals surface area contributed by atoms with Gasteiger partial charge in [-0.05, 0) is 22.0 Å². The third-order valence-electron chi connectivity index (χ3n) is 1.72. The number of hydrogen-bond acceptors (Lipinski definition) is 2. The summed E-state index contributed by atoms with van der Waals surface area (Å²) in [5, 5.41) is 3.61. The van der Waals surface area contributed by atoms with Crippen molar-refractivity contribution < 1.29 is 17.9 Å². The summed E-state index contributed by atoms with van der Waals surface area (Å²) in [5.74, 6) is -0.892. The molecule has 0 amide bonds. The van der Waals surface area contributed by atoms with Crippen molar-refractivity contribution in [2.45, 2.75) is 6.61 Å². The predicted molar refractivity (Wildman–Crippen MR) is 49.5 cm³/mol. The summed E-state index contributed by atoms with van der Waals surface area (Å²) < 4.78 is 42.5. The van der Waals surface area contributed by atoms with Crippen molar-refractivity contribution in [3.8, 4) is 5.88 Å². The second-order valence-electron chi connectivity index (χ2n) is 2.67. The molecule has 0 atom stereocenters. The molecule has 2 aromatic rings. The highest BCUT2D eigenvalue weighted by Crippen LogP contribution is 2.23. The van der Waals surface area contributed by atoms with E-state index in [1.54, 1.807) is 0 Å². The molecule has 0 bridgehead atoms. The van der Waals surface area contributed by atoms with Crippen LogP contribution in [-0.2, 0) is 0 Å². The number of aromatic nitrogens is 2. The highest BCUT2D eigenvalue weighted by atomic mass is 79.9. The van der Waals surface area contributed by atoms with Gasteiger partial charge in [-0.2, -0.15) is 8.78 Å². The van der Waals surface area contributed by atoms with Gasteiger partial charge in [0.25, 0.3) is 0 Å². The van der Waals surface area contributed by atoms with Gasteiger partial charge in [0.2, 0.25) is 5.88 Å². The minimum atomic E-state index is -2.97. The molecule has 0 saturated heterocycles. The van der Waals surface area contributed by atoms with E-state index in [9.17, 15) is 13.2 Å². The number of ether oxygens (including phenoxy) is 1. The second kappa shape index (κ2) is 3.73. The molecule has 0 aromatic carbocycles. The quantitative estimate of drug-likeness (QED) is 0.846. The lowest BCUT2D eigenvalue weighted by atomic mass is 10.4. The van der Waals surface area contributed by atoms with Crippen molar-refractivity contribution in [3.05, 3.63) is 28.6 Å². The SMILES string of the molecule is Fc1c(Br)ccn2nc(OC(F)F)cc12. The topological polar surface area (TPSA) is 26.5 Å². The van der Waals surface area contributed by atoms with Crippen LogP contribution in [0.4, 0.5) is 13.2 Å². The highest BCUT2D eigenvalue weighted by Gasteiger charge is 2.12. The van der Waals surface area contributed by atoms with Gasteiger partial charge in [-0.3, -0.25) is 0 Å². The number of pyridine rings is 1. The number of nitrogens with zero attached hydrogens (tertiary/aromatic N) is 2. The van der Waals surface area contributed by atoms with Crippen molar-refractivity contribution >= 4 is 21.4 Å². The molecule has 0 unspecified atom stereocenters. The first-order chi connectivity index (χ1) is 7.08. The summed E-state index contributed by atoms with van der Waals surface area (Å²) in [5.41, 5.74) is 0.0695. The number of alkyl halides is 2. The van der Waals surface area contributed by atoms with Gasteiger partial charge >= 0.3 is 6.61 Å². The standard InChI is InChI=1S/C8H4BrF3N2O/c9-4-1-2-14-5(7(4)10)3-6(13-14)15-8(11)12/h1-3,8H. The third kappa shape index (κ3) is 1.92. The maximum absolute atomic E-state index is 13.4. The minimum absolute atomic E-state index is 0.0695. The second-order valence-corrected chi connectivity index (χ2v) is 3.52. The fourth-order valence-corrected chi connectivity index (χ4v) is 1.45. The largest absolute Gasteiger partial charge is 0.415 e. The molecule has 7 heteroatoms. The van der Waals surface area contributed by atoms with Crippen LogP contribution in [0.15, 0.2) is 22.8 Å². The van der Waals surface area contributed by atoms with Gasteiger partial charge in [-0.1, -0.05) is 0 Å². The maximum Gasteiger partial charge on any atom is 0.388 e. The van der Waals surface area contributed by atoms with E-state index in [1.165, 1.54) is 12.3 Å². The predicted octanol–water partition coefficient (Wildman–Crippen LogP) is 2.84. The summed E-state index contributed by atoms with van der Waals surface area (Å²) in [7, 11) is 0. The molecule has 2 rings (SSSR count). The van der Waals surface area contributed by atoms with Crippen molar-refractivity contribution in [3.63, 3.8) is 0 Å². The van der Waals surface area contributed by atoms with Crippen LogP contribution in [0, 0.1) is 5.82 Å². The number of halogens is 4. The Morgan fingerprint density at radius 1 is 1.47 bits per heavy atom. The molecular formula is C8H4BrF3N2O. The minimum Gasteiger partial charge on any atom is -0.415 e. The smallest absolute Gasteiger partial charge is 0.388 e. The lowest BCUT2D eigenvalue weighted by Gasteiger charge is -1.96. The van der Waals surface area contributed by atoms with Crippen LogP contribution in [0.1, 0.15) is 0 Å². The van der Waals surface area contributed by atoms with Crippen LogP contribution in [0.2, 0.25) is 0 Å². The van der Waals surface area contributed by atoms with E-state index < -0.39 is 12.4 Å². The first-order valence-electron chi connectivity index (χ1n) is 3.86. The zero-order valence-corrected chi connectivity index (χ0v) is 8.71. The van der Waals surface area contributed by atoms with Gasteiger partial charge < -0.3 is 4.74 Å². The summed E-state index contributed by atoms with van der Waals surface area (Å²) in [6.07, 6.45) is 1.43. The Balaban J connectivity index is 2.51. The van der Waals surface area contributed by atoms with Crippen LogP contribution in [0.3, 0.4) is 0 Å². The Morgan fingerprint density at radius 2 is 2.20 bits per heavy atom. The van der Waals surface area contributed by atoms with Crippen LogP contribution in [0.25, 0.3) is 5.52 Å². The lowest BCUT2D eigenvalue weighted by molar-refractivity contribution is -0.0529. The Kier molecular flexibility index (Phi) is 2.56. The zero-order valence-electron chi connectivity index (χ0n) is 7.12. The summed E-state index contributed by atoms with van der Waals surface area (Å²) in [6, 6.07) is 2.52. The first-order valence-corrected chi connectivity index (χ1v) is 4.65. The molecule has 80 valence electrons. The average molecular weight is 281 g/mol. The first kappa shape index (κ1) is 10.3. The molecule has 0 fully saturated rings. The molecule has 0 N–H and O–H groups in total. The maximum atomic E-state index is 13.4. The van der Waals surface area contributed by atoms with E-state index in [1.807, 2.05) is 0 Å². The van der Waals surface area contributed by atoms with E-state index in [0.717, 1.165) is 10.6 Å². The fourth-order valence-electron chi connectivity index (χ4n) is 1.13. The van der Waals surface area contributed by atoms with E-state index >= 15 is 0 Å². The molecule has 0 saturated carbocycles. The number of fused-ring (bicyclic) bond motifs is 1. The molecule has 15 heavy (non-hydrogen) atoms. The Morgan fingerprint density at radius 3 is 2.87 bits per heavy atom. The summed E-state index contributed by atoms with van der Waals surface area (Å²) in [4.78, 5) is 0. The van der Waals surface area contributed by atoms with Crippen molar-refractivity contribution in [1.29, 1.82) is 0 Å². The Hall–Kier alpha value is -1.24. The van der Waals surface area contributed by atoms with E-state index in [2.05, 4.69) is 25.8 Å². The molecular weight excluding hydrogens is 277 g/mol. The molecule has 0 aliphatic rings. The Bertz CT molecular complexity index is 500. The molecule has 0 radical (unpaired) electrons. The Labute approximate surface area is 90.6 Å². The van der Waals surface area contributed by atoms with Gasteiger partial charge in [0.1, 0.15) is 5.52 Å². The van der Waals surface area contributed by atoms with Gasteiger partial charge in [-0.25, -0.2) is 8.91 Å². The molecule has 0 aliphatic carbocycles. The third-order valence-corrected chi connectivity index (χ3v) is 2.33. The molecule has 2 heterocycles. The van der Waals surface area contributed by atoms with Crippen LogP contribution >= 0.6 is 15.9 Å². The normalized spacial score (nSPS) is 11.3. The lowest BCUT2D eigenvalue weighted by Crippen LogP contribution is -2.02. The van der Waals surface area contributed by atoms with E-state index in [4.69, 9.17) is 0 Å². The molecule has 0 spiro atoms. The van der Waals surface area contributed by atoms with Crippen LogP contribution < -0.4 is 4.74 Å². The molecule has 3 nitrogen and oxygen atoms in total. The van der Waals surface area contributed by atoms with Crippen molar-refractivity contribution in [2.24, 2.45) is 0 Å². The van der Waals surface area contributed by atoms with Gasteiger partial charge in [0, 0.05) is 12.3 Å². The van der Waals surface area contributed by atoms with Crippen molar-refractivity contribution in [2.75, 3.05) is 0 Å². The van der Waals surface area contributed by atoms with Gasteiger partial charge in [0.05, 0.1) is 4.47 Å². The average Bonchev–Trinajstić information content (AvgIpc) is 2.54. The van der Waals surface area contributed by atoms with E-state index in [0.29, 0.717) is 0 Å². The summed E-state index contributed by atoms with van der Waals surface area (Å²) >= 11 is 2.97. The van der Waals surface area contributed by atoms with Crippen LogP contribution in [-0.4, -0.2) is 16.2 Å².